The summed E-state index contributed by atoms with van der Waals surface area (Å²) in [6.07, 6.45) is 1.71. The molecule has 0 unspecified atom stereocenters. The lowest BCUT2D eigenvalue weighted by molar-refractivity contribution is 0.0514. The highest BCUT2D eigenvalue weighted by Gasteiger charge is 2.14. The van der Waals surface area contributed by atoms with Gasteiger partial charge in [0.2, 0.25) is 0 Å². The molecule has 0 spiro atoms. The van der Waals surface area contributed by atoms with E-state index in [0.29, 0.717) is 12.3 Å². The van der Waals surface area contributed by atoms with Crippen molar-refractivity contribution in [2.75, 3.05) is 6.61 Å². The number of carbonyl (C=O) groups is 1. The zero-order chi connectivity index (χ0) is 10.6. The first-order valence-corrected chi connectivity index (χ1v) is 4.40. The topological polar surface area (TPSA) is 55.0 Å². The van der Waals surface area contributed by atoms with Gasteiger partial charge in [-0.1, -0.05) is 0 Å². The molecule has 4 heteroatoms. The first-order valence-electron chi connectivity index (χ1n) is 4.40. The highest BCUT2D eigenvalue weighted by Crippen LogP contribution is 2.11. The Kier molecular flexibility index (Phi) is 3.29. The van der Waals surface area contributed by atoms with Gasteiger partial charge in [0.05, 0.1) is 12.7 Å². The summed E-state index contributed by atoms with van der Waals surface area (Å²) in [5.41, 5.74) is 1.30. The number of aromatic nitrogens is 1. The van der Waals surface area contributed by atoms with Crippen LogP contribution in [-0.2, 0) is 11.3 Å². The molecule has 0 saturated carbocycles. The van der Waals surface area contributed by atoms with E-state index in [1.54, 1.807) is 23.8 Å². The Bertz CT molecular complexity index is 374. The lowest BCUT2D eigenvalue weighted by atomic mass is 10.3. The predicted octanol–water partition coefficient (Wildman–Crippen LogP) is 1.50. The molecular formula is C10H12N2O2. The van der Waals surface area contributed by atoms with Gasteiger partial charge in [-0.3, -0.25) is 0 Å². The molecule has 4 nitrogen and oxygen atoms in total. The first-order chi connectivity index (χ1) is 6.70. The van der Waals surface area contributed by atoms with Crippen molar-refractivity contribution in [3.63, 3.8) is 0 Å². The molecular weight excluding hydrogens is 180 g/mol. The number of nitrogens with zero attached hydrogens (tertiary/aromatic N) is 2. The van der Waals surface area contributed by atoms with Crippen LogP contribution in [0.3, 0.4) is 0 Å². The lowest BCUT2D eigenvalue weighted by Crippen LogP contribution is -2.12. The highest BCUT2D eigenvalue weighted by atomic mass is 16.5. The quantitative estimate of drug-likeness (QED) is 0.682. The second kappa shape index (κ2) is 4.47. The van der Waals surface area contributed by atoms with Crippen molar-refractivity contribution in [2.45, 2.75) is 20.4 Å². The Hall–Kier alpha value is -1.76. The largest absolute Gasteiger partial charge is 0.461 e. The molecule has 14 heavy (non-hydrogen) atoms. The first kappa shape index (κ1) is 10.3. The molecule has 0 aliphatic carbocycles. The van der Waals surface area contributed by atoms with Crippen LogP contribution in [0.5, 0.6) is 0 Å². The Morgan fingerprint density at radius 3 is 3.00 bits per heavy atom. The van der Waals surface area contributed by atoms with Gasteiger partial charge in [-0.25, -0.2) is 4.79 Å². The van der Waals surface area contributed by atoms with E-state index in [9.17, 15) is 4.79 Å². The van der Waals surface area contributed by atoms with Crippen molar-refractivity contribution in [1.29, 1.82) is 5.26 Å². The fraction of sp³-hybridized carbons (Fsp3) is 0.400. The third-order valence-corrected chi connectivity index (χ3v) is 1.88. The van der Waals surface area contributed by atoms with Crippen molar-refractivity contribution < 1.29 is 9.53 Å². The molecule has 74 valence electrons. The second-order valence-corrected chi connectivity index (χ2v) is 2.85. The monoisotopic (exact) mass is 192 g/mol. The minimum atomic E-state index is -0.370. The van der Waals surface area contributed by atoms with Crippen LogP contribution in [0, 0.1) is 18.3 Å². The summed E-state index contributed by atoms with van der Waals surface area (Å²) in [5, 5.41) is 8.54. The van der Waals surface area contributed by atoms with Crippen molar-refractivity contribution in [3.8, 4) is 6.07 Å². The standard InChI is InChI=1S/C10H12N2O2/c1-3-14-10(13)9-8(2)4-6-12(9)7-5-11/h4,6H,3,7H2,1-2H3. The Balaban J connectivity index is 2.99. The minimum absolute atomic E-state index is 0.169. The molecule has 0 saturated heterocycles. The fourth-order valence-corrected chi connectivity index (χ4v) is 1.27. The van der Waals surface area contributed by atoms with E-state index in [1.807, 2.05) is 13.0 Å². The van der Waals surface area contributed by atoms with Gasteiger partial charge in [-0.05, 0) is 25.5 Å². The summed E-state index contributed by atoms with van der Waals surface area (Å²) in [7, 11) is 0. The molecule has 0 bridgehead atoms. The summed E-state index contributed by atoms with van der Waals surface area (Å²) in [5.74, 6) is -0.370. The van der Waals surface area contributed by atoms with Crippen LogP contribution < -0.4 is 0 Å². The molecule has 0 aliphatic heterocycles. The number of esters is 1. The van der Waals surface area contributed by atoms with Gasteiger partial charge in [0, 0.05) is 6.20 Å². The molecule has 1 aromatic heterocycles. The van der Waals surface area contributed by atoms with Crippen LogP contribution in [0.2, 0.25) is 0 Å². The molecule has 1 aromatic rings. The van der Waals surface area contributed by atoms with E-state index >= 15 is 0 Å². The molecule has 0 atom stereocenters. The van der Waals surface area contributed by atoms with E-state index in [1.165, 1.54) is 0 Å². The van der Waals surface area contributed by atoms with Crippen LogP contribution >= 0.6 is 0 Å². The number of hydrogen-bond donors (Lipinski definition) is 0. The maximum Gasteiger partial charge on any atom is 0.355 e. The number of ether oxygens (including phenoxy) is 1. The SMILES string of the molecule is CCOC(=O)c1c(C)ccn1CC#N. The number of aryl methyl sites for hydroxylation is 1. The van der Waals surface area contributed by atoms with E-state index in [2.05, 4.69) is 0 Å². The van der Waals surface area contributed by atoms with Gasteiger partial charge >= 0.3 is 5.97 Å². The van der Waals surface area contributed by atoms with E-state index in [0.717, 1.165) is 5.56 Å². The van der Waals surface area contributed by atoms with Crippen molar-refractivity contribution >= 4 is 5.97 Å². The number of hydrogen-bond acceptors (Lipinski definition) is 3. The lowest BCUT2D eigenvalue weighted by Gasteiger charge is -2.05. The Morgan fingerprint density at radius 2 is 2.43 bits per heavy atom. The van der Waals surface area contributed by atoms with Crippen molar-refractivity contribution in [1.82, 2.24) is 4.57 Å². The average molecular weight is 192 g/mol. The van der Waals surface area contributed by atoms with E-state index in [-0.39, 0.29) is 12.5 Å². The Morgan fingerprint density at radius 1 is 1.71 bits per heavy atom. The number of carbonyl (C=O) groups excluding carboxylic acids is 1. The van der Waals surface area contributed by atoms with Crippen LogP contribution in [0.1, 0.15) is 23.0 Å². The summed E-state index contributed by atoms with van der Waals surface area (Å²) < 4.78 is 6.48. The third-order valence-electron chi connectivity index (χ3n) is 1.88. The maximum atomic E-state index is 11.5. The molecule has 0 aliphatic rings. The summed E-state index contributed by atoms with van der Waals surface area (Å²) in [6, 6.07) is 3.79. The van der Waals surface area contributed by atoms with Crippen LogP contribution in [-0.4, -0.2) is 17.1 Å². The molecule has 0 aromatic carbocycles. The van der Waals surface area contributed by atoms with E-state index < -0.39 is 0 Å². The molecule has 1 rings (SSSR count). The van der Waals surface area contributed by atoms with Gasteiger partial charge < -0.3 is 9.30 Å². The predicted molar refractivity (Wildman–Crippen MR) is 50.7 cm³/mol. The molecule has 0 amide bonds. The molecule has 0 N–H and O–H groups in total. The maximum absolute atomic E-state index is 11.5. The number of rotatable bonds is 3. The fourth-order valence-electron chi connectivity index (χ4n) is 1.27. The zero-order valence-corrected chi connectivity index (χ0v) is 8.28. The average Bonchev–Trinajstić information content (AvgIpc) is 2.48. The summed E-state index contributed by atoms with van der Waals surface area (Å²) in [4.78, 5) is 11.5. The number of nitriles is 1. The van der Waals surface area contributed by atoms with Crippen molar-refractivity contribution in [3.05, 3.63) is 23.5 Å². The normalized spacial score (nSPS) is 9.50. The van der Waals surface area contributed by atoms with Crippen LogP contribution in [0.15, 0.2) is 12.3 Å². The van der Waals surface area contributed by atoms with Crippen LogP contribution in [0.4, 0.5) is 0 Å². The van der Waals surface area contributed by atoms with E-state index in [4.69, 9.17) is 10.00 Å². The molecule has 1 heterocycles. The summed E-state index contributed by atoms with van der Waals surface area (Å²) in [6.45, 7) is 4.09. The van der Waals surface area contributed by atoms with Crippen LogP contribution in [0.25, 0.3) is 0 Å². The smallest absolute Gasteiger partial charge is 0.355 e. The Labute approximate surface area is 82.7 Å². The highest BCUT2D eigenvalue weighted by molar-refractivity contribution is 5.89. The van der Waals surface area contributed by atoms with Gasteiger partial charge in [-0.2, -0.15) is 5.26 Å². The van der Waals surface area contributed by atoms with Gasteiger partial charge in [-0.15, -0.1) is 0 Å². The molecule has 0 fully saturated rings. The van der Waals surface area contributed by atoms with Gasteiger partial charge in [0.15, 0.2) is 0 Å². The van der Waals surface area contributed by atoms with Crippen molar-refractivity contribution in [2.24, 2.45) is 0 Å². The minimum Gasteiger partial charge on any atom is -0.461 e. The second-order valence-electron chi connectivity index (χ2n) is 2.85. The third kappa shape index (κ3) is 1.94. The zero-order valence-electron chi connectivity index (χ0n) is 8.28. The van der Waals surface area contributed by atoms with Gasteiger partial charge in [0.1, 0.15) is 12.2 Å². The molecule has 0 radical (unpaired) electrons. The van der Waals surface area contributed by atoms with Gasteiger partial charge in [0.25, 0.3) is 0 Å². The summed E-state index contributed by atoms with van der Waals surface area (Å²) >= 11 is 0.